The quantitative estimate of drug-likeness (QED) is 0.728. The number of benzene rings is 2. The molecule has 2 heterocycles. The van der Waals surface area contributed by atoms with Crippen LogP contribution in [-0.2, 0) is 11.2 Å². The summed E-state index contributed by atoms with van der Waals surface area (Å²) in [4.78, 5) is 28.6. The van der Waals surface area contributed by atoms with Gasteiger partial charge in [0, 0.05) is 39.5 Å². The van der Waals surface area contributed by atoms with E-state index in [0.29, 0.717) is 11.3 Å². The Morgan fingerprint density at radius 2 is 1.90 bits per heavy atom. The van der Waals surface area contributed by atoms with Crippen LogP contribution in [0.15, 0.2) is 54.6 Å². The van der Waals surface area contributed by atoms with E-state index in [1.807, 2.05) is 19.2 Å². The molecule has 1 amide bonds. The third-order valence-corrected chi connectivity index (χ3v) is 6.26. The van der Waals surface area contributed by atoms with Crippen LogP contribution < -0.4 is 4.74 Å². The summed E-state index contributed by atoms with van der Waals surface area (Å²) >= 11 is 0. The van der Waals surface area contributed by atoms with Gasteiger partial charge in [-0.2, -0.15) is 0 Å². The molecular weight excluding hydrogens is 392 g/mol. The van der Waals surface area contributed by atoms with Crippen LogP contribution in [0.3, 0.4) is 0 Å². The molecule has 0 saturated carbocycles. The van der Waals surface area contributed by atoms with Crippen molar-refractivity contribution in [3.63, 3.8) is 0 Å². The summed E-state index contributed by atoms with van der Waals surface area (Å²) < 4.78 is 6.40. The number of piperidine rings is 1. The van der Waals surface area contributed by atoms with Crippen molar-refractivity contribution in [1.29, 1.82) is 0 Å². The summed E-state index contributed by atoms with van der Waals surface area (Å²) in [5.74, 6) is 0.143. The van der Waals surface area contributed by atoms with Crippen molar-refractivity contribution in [2.24, 2.45) is 0 Å². The Morgan fingerprint density at radius 3 is 2.61 bits per heavy atom. The molecule has 1 spiro atoms. The Kier molecular flexibility index (Phi) is 6.20. The van der Waals surface area contributed by atoms with Gasteiger partial charge in [0.1, 0.15) is 12.4 Å². The van der Waals surface area contributed by atoms with Crippen molar-refractivity contribution >= 4 is 17.8 Å². The van der Waals surface area contributed by atoms with E-state index >= 15 is 0 Å². The molecule has 0 radical (unpaired) electrons. The number of fused-ring (bicyclic) bond motifs is 1. The predicted molar refractivity (Wildman–Crippen MR) is 119 cm³/mol. The second kappa shape index (κ2) is 9.04. The number of aliphatic hydroxyl groups is 1. The highest BCUT2D eigenvalue weighted by Gasteiger charge is 2.46. The lowest BCUT2D eigenvalue weighted by Crippen LogP contribution is -2.61. The Balaban J connectivity index is 1.43. The van der Waals surface area contributed by atoms with Crippen LogP contribution in [0.25, 0.3) is 6.08 Å². The van der Waals surface area contributed by atoms with Gasteiger partial charge in [-0.25, -0.2) is 0 Å². The number of aliphatic hydroxyl groups excluding tert-OH is 1. The molecule has 2 aromatic rings. The molecule has 0 aliphatic carbocycles. The van der Waals surface area contributed by atoms with E-state index < -0.39 is 12.3 Å². The first-order chi connectivity index (χ1) is 15.0. The van der Waals surface area contributed by atoms with E-state index in [2.05, 4.69) is 29.2 Å². The van der Waals surface area contributed by atoms with Gasteiger partial charge >= 0.3 is 0 Å². The highest BCUT2D eigenvalue weighted by molar-refractivity contribution is 5.99. The number of likely N-dealkylation sites (tertiary alicyclic amines) is 1. The fraction of sp³-hybridized carbons (Fsp3) is 0.360. The summed E-state index contributed by atoms with van der Waals surface area (Å²) in [5, 5.41) is 8.85. The molecule has 1 fully saturated rings. The van der Waals surface area contributed by atoms with Crippen molar-refractivity contribution in [2.75, 3.05) is 33.3 Å². The van der Waals surface area contributed by atoms with Crippen molar-refractivity contribution < 1.29 is 19.4 Å². The maximum atomic E-state index is 13.1. The number of ether oxygens (including phenoxy) is 1. The summed E-state index contributed by atoms with van der Waals surface area (Å²) in [5.41, 5.74) is 1.94. The van der Waals surface area contributed by atoms with Gasteiger partial charge in [0.25, 0.3) is 5.91 Å². The first-order valence-corrected chi connectivity index (χ1v) is 10.7. The number of nitrogens with zero attached hydrogens (tertiary/aromatic N) is 2. The molecule has 1 N–H and O–H groups in total. The van der Waals surface area contributed by atoms with Crippen molar-refractivity contribution in [1.82, 2.24) is 9.80 Å². The van der Waals surface area contributed by atoms with Gasteiger partial charge in [0.15, 0.2) is 11.5 Å². The first kappa shape index (κ1) is 21.3. The zero-order valence-corrected chi connectivity index (χ0v) is 17.8. The fourth-order valence-corrected chi connectivity index (χ4v) is 4.28. The molecule has 0 unspecified atom stereocenters. The second-order valence-corrected chi connectivity index (χ2v) is 8.20. The molecule has 0 atom stereocenters. The summed E-state index contributed by atoms with van der Waals surface area (Å²) in [7, 11) is 1.81. The van der Waals surface area contributed by atoms with Crippen molar-refractivity contribution in [2.45, 2.75) is 25.0 Å². The van der Waals surface area contributed by atoms with E-state index in [9.17, 15) is 9.59 Å². The lowest BCUT2D eigenvalue weighted by Gasteiger charge is -2.49. The molecule has 162 valence electrons. The molecule has 6 heteroatoms. The lowest BCUT2D eigenvalue weighted by atomic mass is 9.94. The number of ketones is 1. The first-order valence-electron chi connectivity index (χ1n) is 10.7. The second-order valence-electron chi connectivity index (χ2n) is 8.20. The lowest BCUT2D eigenvalue weighted by molar-refractivity contribution is -0.117. The number of carbonyl (C=O) groups excluding carboxylic acids is 2. The van der Waals surface area contributed by atoms with E-state index in [1.165, 1.54) is 11.6 Å². The van der Waals surface area contributed by atoms with Gasteiger partial charge < -0.3 is 19.6 Å². The molecule has 1 saturated heterocycles. The minimum atomic E-state index is -0.614. The van der Waals surface area contributed by atoms with E-state index in [1.54, 1.807) is 23.1 Å². The Bertz CT molecular complexity index is 978. The van der Waals surface area contributed by atoms with E-state index in [-0.39, 0.29) is 11.7 Å². The number of rotatable bonds is 6. The van der Waals surface area contributed by atoms with Crippen LogP contribution in [0.5, 0.6) is 5.75 Å². The van der Waals surface area contributed by atoms with Crippen molar-refractivity contribution in [3.8, 4) is 5.75 Å². The average molecular weight is 421 g/mol. The van der Waals surface area contributed by atoms with E-state index in [4.69, 9.17) is 9.84 Å². The number of hydrogen-bond acceptors (Lipinski definition) is 5. The highest BCUT2D eigenvalue weighted by Crippen LogP contribution is 2.39. The van der Waals surface area contributed by atoms with E-state index in [0.717, 1.165) is 44.5 Å². The van der Waals surface area contributed by atoms with Crippen LogP contribution in [-0.4, -0.2) is 65.6 Å². The van der Waals surface area contributed by atoms with Gasteiger partial charge in [-0.05, 0) is 35.8 Å². The predicted octanol–water partition coefficient (Wildman–Crippen LogP) is 2.76. The smallest absolute Gasteiger partial charge is 0.260 e. The highest BCUT2D eigenvalue weighted by atomic mass is 16.5. The van der Waals surface area contributed by atoms with Crippen molar-refractivity contribution in [3.05, 3.63) is 71.3 Å². The maximum absolute atomic E-state index is 13.1. The molecule has 2 aliphatic rings. The fourth-order valence-electron chi connectivity index (χ4n) is 4.28. The van der Waals surface area contributed by atoms with Gasteiger partial charge in [-0.15, -0.1) is 0 Å². The molecule has 0 aromatic heterocycles. The zero-order valence-electron chi connectivity index (χ0n) is 17.8. The molecule has 0 bridgehead atoms. The number of carbonyl (C=O) groups is 2. The van der Waals surface area contributed by atoms with Gasteiger partial charge in [0.05, 0.1) is 5.56 Å². The topological polar surface area (TPSA) is 70.1 Å². The Hall–Kier alpha value is -2.96. The van der Waals surface area contributed by atoms with Gasteiger partial charge in [0.2, 0.25) is 0 Å². The minimum absolute atomic E-state index is 0.0669. The van der Waals surface area contributed by atoms with Crippen LogP contribution >= 0.6 is 0 Å². The standard InChI is InChI=1S/C25H28N2O4/c1-26-24(30)22-17-20(7-9-21(29)18-28)8-10-23(22)31-25(26)12-15-27(16-13-25)14-11-19-5-3-2-4-6-19/h2-10,17,28H,11-16,18H2,1H3/b9-7+. The largest absolute Gasteiger partial charge is 0.467 e. The molecule has 4 rings (SSSR count). The van der Waals surface area contributed by atoms with Crippen LogP contribution in [0.1, 0.15) is 34.3 Å². The van der Waals surface area contributed by atoms with Gasteiger partial charge in [-0.1, -0.05) is 42.5 Å². The summed E-state index contributed by atoms with van der Waals surface area (Å²) in [6, 6.07) is 15.8. The number of hydrogen-bond donors (Lipinski definition) is 1. The third-order valence-electron chi connectivity index (χ3n) is 6.26. The Labute approximate surface area is 182 Å². The zero-order chi connectivity index (χ0) is 21.8. The molecule has 2 aromatic carbocycles. The maximum Gasteiger partial charge on any atom is 0.260 e. The molecule has 6 nitrogen and oxygen atoms in total. The minimum Gasteiger partial charge on any atom is -0.467 e. The normalized spacial score (nSPS) is 18.3. The average Bonchev–Trinajstić information content (AvgIpc) is 2.81. The molecule has 2 aliphatic heterocycles. The van der Waals surface area contributed by atoms with Gasteiger partial charge in [-0.3, -0.25) is 9.59 Å². The third kappa shape index (κ3) is 4.55. The van der Waals surface area contributed by atoms with Crippen LogP contribution in [0.4, 0.5) is 0 Å². The molecular formula is C25H28N2O4. The molecule has 31 heavy (non-hydrogen) atoms. The monoisotopic (exact) mass is 420 g/mol. The SMILES string of the molecule is CN1C(=O)c2cc(/C=C/C(=O)CO)ccc2OC12CCN(CCc1ccccc1)CC2. The summed E-state index contributed by atoms with van der Waals surface area (Å²) in [6.07, 6.45) is 5.45. The van der Waals surface area contributed by atoms with Crippen LogP contribution in [0, 0.1) is 0 Å². The summed E-state index contributed by atoms with van der Waals surface area (Å²) in [6.45, 7) is 2.22. The van der Waals surface area contributed by atoms with Crippen LogP contribution in [0.2, 0.25) is 0 Å². The number of amides is 1. The Morgan fingerprint density at radius 1 is 1.16 bits per heavy atom.